The van der Waals surface area contributed by atoms with E-state index >= 15 is 0 Å². The fourth-order valence-corrected chi connectivity index (χ4v) is 5.10. The van der Waals surface area contributed by atoms with Crippen molar-refractivity contribution in [1.82, 2.24) is 25.2 Å². The minimum atomic E-state index is -0.533. The first kappa shape index (κ1) is 20.4. The van der Waals surface area contributed by atoms with Crippen molar-refractivity contribution in [2.24, 2.45) is 11.8 Å². The van der Waals surface area contributed by atoms with Gasteiger partial charge in [0.15, 0.2) is 5.65 Å². The molecule has 1 saturated heterocycles. The maximum absolute atomic E-state index is 13.4. The molecule has 2 aliphatic carbocycles. The Labute approximate surface area is 181 Å². The van der Waals surface area contributed by atoms with Gasteiger partial charge in [-0.25, -0.2) is 9.97 Å². The summed E-state index contributed by atoms with van der Waals surface area (Å²) in [4.78, 5) is 40.7. The molecule has 0 bridgehead atoms. The second kappa shape index (κ2) is 8.57. The molecule has 2 amide bonds. The number of fused-ring (bicyclic) bond motifs is 1. The van der Waals surface area contributed by atoms with Crippen molar-refractivity contribution in [3.63, 3.8) is 0 Å². The normalized spacial score (nSPS) is 23.3. The van der Waals surface area contributed by atoms with Gasteiger partial charge in [0.1, 0.15) is 11.6 Å². The number of likely N-dealkylation sites (tertiary alicyclic amines) is 1. The van der Waals surface area contributed by atoms with Gasteiger partial charge in [-0.1, -0.05) is 19.3 Å². The van der Waals surface area contributed by atoms with E-state index in [9.17, 15) is 14.7 Å². The lowest BCUT2D eigenvalue weighted by molar-refractivity contribution is -0.134. The molecule has 3 fully saturated rings. The van der Waals surface area contributed by atoms with Crippen molar-refractivity contribution in [2.75, 3.05) is 19.7 Å². The third kappa shape index (κ3) is 4.18. The average Bonchev–Trinajstić information content (AvgIpc) is 3.39. The number of hydrogen-bond donors (Lipinski definition) is 3. The van der Waals surface area contributed by atoms with Crippen LogP contribution in [-0.2, 0) is 4.79 Å². The van der Waals surface area contributed by atoms with Crippen LogP contribution in [0, 0.1) is 11.8 Å². The molecule has 8 nitrogen and oxygen atoms in total. The smallest absolute Gasteiger partial charge is 0.255 e. The van der Waals surface area contributed by atoms with E-state index in [2.05, 4.69) is 15.3 Å². The monoisotopic (exact) mass is 425 g/mol. The number of H-pyrrole nitrogens is 1. The van der Waals surface area contributed by atoms with E-state index < -0.39 is 6.04 Å². The summed E-state index contributed by atoms with van der Waals surface area (Å²) in [7, 11) is 0. The molecule has 3 aliphatic rings. The number of aromatic amines is 1. The zero-order valence-corrected chi connectivity index (χ0v) is 17.8. The molecule has 1 aliphatic heterocycles. The number of amides is 2. The lowest BCUT2D eigenvalue weighted by atomic mass is 9.83. The van der Waals surface area contributed by atoms with Gasteiger partial charge in [-0.15, -0.1) is 0 Å². The molecule has 1 unspecified atom stereocenters. The quantitative estimate of drug-likeness (QED) is 0.658. The molecule has 2 atom stereocenters. The first-order chi connectivity index (χ1) is 15.1. The van der Waals surface area contributed by atoms with Crippen LogP contribution in [0.5, 0.6) is 0 Å². The van der Waals surface area contributed by atoms with Gasteiger partial charge in [-0.2, -0.15) is 0 Å². The van der Waals surface area contributed by atoms with Crippen molar-refractivity contribution in [3.05, 3.63) is 23.7 Å². The molecule has 31 heavy (non-hydrogen) atoms. The molecule has 3 N–H and O–H groups in total. The summed E-state index contributed by atoms with van der Waals surface area (Å²) in [6.45, 7) is 1.31. The topological polar surface area (TPSA) is 111 Å². The van der Waals surface area contributed by atoms with Crippen LogP contribution in [-0.4, -0.2) is 62.5 Å². The summed E-state index contributed by atoms with van der Waals surface area (Å²) in [5.74, 6) is 0.457. The van der Waals surface area contributed by atoms with E-state index in [0.717, 1.165) is 50.6 Å². The Balaban J connectivity index is 1.38. The van der Waals surface area contributed by atoms with Crippen LogP contribution < -0.4 is 5.32 Å². The van der Waals surface area contributed by atoms with Gasteiger partial charge in [0.25, 0.3) is 5.91 Å². The van der Waals surface area contributed by atoms with Crippen LogP contribution in [0.25, 0.3) is 11.2 Å². The van der Waals surface area contributed by atoms with Gasteiger partial charge < -0.3 is 20.3 Å². The number of aliphatic hydroxyl groups excluding tert-OH is 1. The Kier molecular flexibility index (Phi) is 5.65. The van der Waals surface area contributed by atoms with Gasteiger partial charge in [-0.05, 0) is 38.0 Å². The SMILES string of the molecule is O=C(N[C@@H](C(=O)N1CCC(CO)C1)C1CCCCC1)c1c[nH]c2ncc(C3CC3)nc12. The number of carbonyl (C=O) groups is 2. The predicted molar refractivity (Wildman–Crippen MR) is 115 cm³/mol. The molecule has 3 heterocycles. The molecule has 5 rings (SSSR count). The first-order valence-electron chi connectivity index (χ1n) is 11.7. The second-order valence-corrected chi connectivity index (χ2v) is 9.44. The van der Waals surface area contributed by atoms with Crippen LogP contribution in [0.3, 0.4) is 0 Å². The molecule has 0 aromatic carbocycles. The van der Waals surface area contributed by atoms with Crippen molar-refractivity contribution in [1.29, 1.82) is 0 Å². The van der Waals surface area contributed by atoms with Gasteiger partial charge in [0.2, 0.25) is 5.91 Å². The molecule has 2 saturated carbocycles. The second-order valence-electron chi connectivity index (χ2n) is 9.44. The van der Waals surface area contributed by atoms with Crippen LogP contribution in [0.4, 0.5) is 0 Å². The molecular weight excluding hydrogens is 394 g/mol. The first-order valence-corrected chi connectivity index (χ1v) is 11.7. The number of nitrogens with one attached hydrogen (secondary N) is 2. The zero-order chi connectivity index (χ0) is 21.4. The van der Waals surface area contributed by atoms with Gasteiger partial charge in [0, 0.05) is 37.7 Å². The standard InChI is InChI=1S/C23H31N5O3/c29-13-14-8-9-28(12-14)23(31)19(16-4-2-1-3-5-16)27-22(30)17-10-24-21-20(17)26-18(11-25-21)15-6-7-15/h10-11,14-16,19,29H,1-9,12-13H2,(H,24,25)(H,27,30)/t14?,19-/m1/s1. The van der Waals surface area contributed by atoms with Crippen LogP contribution in [0.1, 0.15) is 73.3 Å². The predicted octanol–water partition coefficient (Wildman–Crippen LogP) is 2.35. The molecule has 8 heteroatoms. The summed E-state index contributed by atoms with van der Waals surface area (Å²) >= 11 is 0. The van der Waals surface area contributed by atoms with Crippen molar-refractivity contribution in [3.8, 4) is 0 Å². The number of hydrogen-bond acceptors (Lipinski definition) is 5. The number of aromatic nitrogens is 3. The third-order valence-electron chi connectivity index (χ3n) is 7.17. The van der Waals surface area contributed by atoms with E-state index in [0.29, 0.717) is 35.7 Å². The van der Waals surface area contributed by atoms with E-state index in [4.69, 9.17) is 4.98 Å². The fourth-order valence-electron chi connectivity index (χ4n) is 5.10. The molecule has 2 aromatic rings. The lowest BCUT2D eigenvalue weighted by Crippen LogP contribution is -2.52. The highest BCUT2D eigenvalue weighted by molar-refractivity contribution is 6.06. The fraction of sp³-hybridized carbons (Fsp3) is 0.652. The van der Waals surface area contributed by atoms with E-state index in [1.807, 2.05) is 4.90 Å². The molecule has 0 radical (unpaired) electrons. The molecule has 166 valence electrons. The molecule has 2 aromatic heterocycles. The third-order valence-corrected chi connectivity index (χ3v) is 7.17. The van der Waals surface area contributed by atoms with E-state index in [-0.39, 0.29) is 30.3 Å². The highest BCUT2D eigenvalue weighted by Gasteiger charge is 2.37. The van der Waals surface area contributed by atoms with Crippen LogP contribution >= 0.6 is 0 Å². The van der Waals surface area contributed by atoms with Gasteiger partial charge in [-0.3, -0.25) is 9.59 Å². The summed E-state index contributed by atoms with van der Waals surface area (Å²) in [6.07, 6.45) is 11.8. The number of nitrogens with zero attached hydrogens (tertiary/aromatic N) is 3. The Morgan fingerprint density at radius 2 is 2.00 bits per heavy atom. The van der Waals surface area contributed by atoms with Crippen molar-refractivity contribution >= 4 is 23.0 Å². The zero-order valence-electron chi connectivity index (χ0n) is 17.8. The summed E-state index contributed by atoms with van der Waals surface area (Å²) in [5, 5.41) is 12.5. The number of rotatable bonds is 6. The van der Waals surface area contributed by atoms with Crippen LogP contribution in [0.2, 0.25) is 0 Å². The molecular formula is C23H31N5O3. The maximum atomic E-state index is 13.4. The minimum absolute atomic E-state index is 0.0132. The summed E-state index contributed by atoms with van der Waals surface area (Å²) in [6, 6.07) is -0.533. The minimum Gasteiger partial charge on any atom is -0.396 e. The molecule has 0 spiro atoms. The maximum Gasteiger partial charge on any atom is 0.255 e. The lowest BCUT2D eigenvalue weighted by Gasteiger charge is -2.32. The number of aliphatic hydroxyl groups is 1. The Bertz CT molecular complexity index is 963. The highest BCUT2D eigenvalue weighted by atomic mass is 16.3. The van der Waals surface area contributed by atoms with E-state index in [1.165, 1.54) is 6.42 Å². The van der Waals surface area contributed by atoms with E-state index in [1.54, 1.807) is 12.4 Å². The van der Waals surface area contributed by atoms with Gasteiger partial charge >= 0.3 is 0 Å². The summed E-state index contributed by atoms with van der Waals surface area (Å²) in [5.41, 5.74) is 2.57. The number of carbonyl (C=O) groups excluding carboxylic acids is 2. The Morgan fingerprint density at radius 3 is 2.71 bits per heavy atom. The van der Waals surface area contributed by atoms with Gasteiger partial charge in [0.05, 0.1) is 17.5 Å². The average molecular weight is 426 g/mol. The van der Waals surface area contributed by atoms with Crippen molar-refractivity contribution < 1.29 is 14.7 Å². The van der Waals surface area contributed by atoms with Crippen LogP contribution in [0.15, 0.2) is 12.4 Å². The largest absolute Gasteiger partial charge is 0.396 e. The Morgan fingerprint density at radius 1 is 1.19 bits per heavy atom. The van der Waals surface area contributed by atoms with Crippen molar-refractivity contribution in [2.45, 2.75) is 63.3 Å². The Hall–Kier alpha value is -2.48. The summed E-state index contributed by atoms with van der Waals surface area (Å²) < 4.78 is 0. The highest BCUT2D eigenvalue weighted by Crippen LogP contribution is 2.39.